The largest absolute Gasteiger partial charge is 0.476 e. The number of anilines is 1. The quantitative estimate of drug-likeness (QED) is 0.546. The fourth-order valence-corrected chi connectivity index (χ4v) is 6.56. The van der Waals surface area contributed by atoms with Crippen molar-refractivity contribution in [3.8, 4) is 5.88 Å². The van der Waals surface area contributed by atoms with Crippen LogP contribution >= 0.6 is 0 Å². The van der Waals surface area contributed by atoms with Crippen LogP contribution in [0.15, 0.2) is 12.4 Å². The molecule has 4 fully saturated rings. The number of carbonyl (C=O) groups is 2. The van der Waals surface area contributed by atoms with Crippen molar-refractivity contribution >= 4 is 27.8 Å². The van der Waals surface area contributed by atoms with Gasteiger partial charge in [0, 0.05) is 32.7 Å². The maximum absolute atomic E-state index is 12.8. The highest BCUT2D eigenvalue weighted by molar-refractivity contribution is 7.89. The zero-order valence-corrected chi connectivity index (χ0v) is 21.4. The lowest BCUT2D eigenvalue weighted by Crippen LogP contribution is -2.54. The number of ether oxygens (including phenoxy) is 2. The van der Waals surface area contributed by atoms with Crippen LogP contribution in [0, 0.1) is 5.92 Å². The highest BCUT2D eigenvalue weighted by atomic mass is 32.2. The molecule has 5 rings (SSSR count). The molecule has 198 valence electrons. The predicted molar refractivity (Wildman–Crippen MR) is 130 cm³/mol. The molecule has 3 aliphatic heterocycles. The van der Waals surface area contributed by atoms with Crippen LogP contribution in [-0.4, -0.2) is 103 Å². The van der Waals surface area contributed by atoms with Gasteiger partial charge in [-0.1, -0.05) is 0 Å². The third-order valence-corrected chi connectivity index (χ3v) is 9.78. The first kappa shape index (κ1) is 25.2. The molecule has 1 aromatic heterocycles. The monoisotopic (exact) mass is 522 g/mol. The van der Waals surface area contributed by atoms with Gasteiger partial charge in [0.05, 0.1) is 30.8 Å². The van der Waals surface area contributed by atoms with Gasteiger partial charge in [0.2, 0.25) is 21.8 Å². The van der Waals surface area contributed by atoms with E-state index in [0.29, 0.717) is 56.8 Å². The Bertz CT molecular complexity index is 1070. The van der Waals surface area contributed by atoms with Crippen LogP contribution in [0.4, 0.5) is 10.6 Å². The second-order valence-corrected chi connectivity index (χ2v) is 12.5. The van der Waals surface area contributed by atoms with Crippen LogP contribution in [0.3, 0.4) is 0 Å². The van der Waals surface area contributed by atoms with Crippen molar-refractivity contribution in [1.29, 1.82) is 0 Å². The molecule has 12 nitrogen and oxygen atoms in total. The molecule has 0 spiro atoms. The van der Waals surface area contributed by atoms with Crippen molar-refractivity contribution in [2.24, 2.45) is 5.92 Å². The summed E-state index contributed by atoms with van der Waals surface area (Å²) in [6.45, 7) is 5.11. The highest BCUT2D eigenvalue weighted by Crippen LogP contribution is 2.39. The topological polar surface area (TPSA) is 134 Å². The van der Waals surface area contributed by atoms with Gasteiger partial charge in [0.15, 0.2) is 5.82 Å². The van der Waals surface area contributed by atoms with Crippen molar-refractivity contribution < 1.29 is 27.5 Å². The molecule has 36 heavy (non-hydrogen) atoms. The Labute approximate surface area is 211 Å². The second kappa shape index (κ2) is 10.1. The number of rotatable bonds is 7. The number of carbonyl (C=O) groups excluding carboxylic acids is 2. The fraction of sp³-hybridized carbons (Fsp3) is 0.739. The molecule has 0 radical (unpaired) electrons. The average Bonchev–Trinajstić information content (AvgIpc) is 3.34. The molecule has 1 N–H and O–H groups in total. The van der Waals surface area contributed by atoms with Crippen molar-refractivity contribution in [2.45, 2.75) is 49.9 Å². The smallest absolute Gasteiger partial charge is 0.410 e. The van der Waals surface area contributed by atoms with Gasteiger partial charge in [-0.15, -0.1) is 0 Å². The summed E-state index contributed by atoms with van der Waals surface area (Å²) >= 11 is 0. The van der Waals surface area contributed by atoms with Gasteiger partial charge in [0.25, 0.3) is 0 Å². The van der Waals surface area contributed by atoms with Crippen LogP contribution in [-0.2, 0) is 19.6 Å². The zero-order chi connectivity index (χ0) is 25.3. The van der Waals surface area contributed by atoms with Gasteiger partial charge in [-0.05, 0) is 51.5 Å². The summed E-state index contributed by atoms with van der Waals surface area (Å²) in [4.78, 5) is 36.8. The van der Waals surface area contributed by atoms with Crippen LogP contribution in [0.2, 0.25) is 0 Å². The molecule has 1 atom stereocenters. The molecule has 1 aliphatic carbocycles. The fourth-order valence-electron chi connectivity index (χ4n) is 4.77. The molecule has 0 bridgehead atoms. The van der Waals surface area contributed by atoms with Crippen LogP contribution in [0.1, 0.15) is 39.0 Å². The SMILES string of the molecule is CC1(OC(=O)N2CCC(COc3cnc(N4CCN(S(=O)(=O)[C@H]5CCNC5)CC4=O)cn3)CC2)CC1. The Hall–Kier alpha value is -2.51. The Balaban J connectivity index is 1.07. The lowest BCUT2D eigenvalue weighted by Gasteiger charge is -2.34. The molecular weight excluding hydrogens is 488 g/mol. The second-order valence-electron chi connectivity index (χ2n) is 10.3. The lowest BCUT2D eigenvalue weighted by atomic mass is 9.98. The molecule has 0 unspecified atom stereocenters. The third-order valence-electron chi connectivity index (χ3n) is 7.50. The number of aromatic nitrogens is 2. The van der Waals surface area contributed by atoms with Gasteiger partial charge < -0.3 is 19.7 Å². The molecule has 1 aromatic rings. The zero-order valence-electron chi connectivity index (χ0n) is 20.6. The lowest BCUT2D eigenvalue weighted by molar-refractivity contribution is -0.120. The maximum Gasteiger partial charge on any atom is 0.410 e. The van der Waals surface area contributed by atoms with E-state index in [0.717, 1.165) is 25.7 Å². The summed E-state index contributed by atoms with van der Waals surface area (Å²) < 4.78 is 38.2. The number of piperazine rings is 1. The van der Waals surface area contributed by atoms with E-state index in [9.17, 15) is 18.0 Å². The summed E-state index contributed by atoms with van der Waals surface area (Å²) in [7, 11) is -3.50. The molecule has 3 saturated heterocycles. The van der Waals surface area contributed by atoms with E-state index in [-0.39, 0.29) is 37.2 Å². The first-order valence-electron chi connectivity index (χ1n) is 12.7. The standard InChI is InChI=1S/C23H34N6O6S/c1-23(5-6-23)35-22(31)27-8-3-17(4-9-27)16-34-20-14-25-19(13-26-20)29-11-10-28(15-21(29)30)36(32,33)18-2-7-24-12-18/h13-14,17-18,24H,2-12,15-16H2,1H3/t18-/m0/s1. The van der Waals surface area contributed by atoms with Gasteiger partial charge in [0.1, 0.15) is 5.60 Å². The summed E-state index contributed by atoms with van der Waals surface area (Å²) in [6.07, 6.45) is 6.84. The Morgan fingerprint density at radius 3 is 2.53 bits per heavy atom. The van der Waals surface area contributed by atoms with E-state index >= 15 is 0 Å². The number of hydrogen-bond acceptors (Lipinski definition) is 9. The summed E-state index contributed by atoms with van der Waals surface area (Å²) in [5.41, 5.74) is -0.259. The number of nitrogens with one attached hydrogen (secondary N) is 1. The minimum absolute atomic E-state index is 0.190. The van der Waals surface area contributed by atoms with Crippen molar-refractivity contribution in [3.05, 3.63) is 12.4 Å². The predicted octanol–water partition coefficient (Wildman–Crippen LogP) is 0.597. The molecule has 1 saturated carbocycles. The van der Waals surface area contributed by atoms with Crippen molar-refractivity contribution in [1.82, 2.24) is 24.5 Å². The van der Waals surface area contributed by atoms with E-state index in [1.807, 2.05) is 6.92 Å². The summed E-state index contributed by atoms with van der Waals surface area (Å²) in [5, 5.41) is 2.59. The molecule has 13 heteroatoms. The van der Waals surface area contributed by atoms with Crippen LogP contribution in [0.5, 0.6) is 5.88 Å². The molecular formula is C23H34N6O6S. The molecule has 4 aliphatic rings. The Kier molecular flexibility index (Phi) is 7.05. The van der Waals surface area contributed by atoms with Crippen LogP contribution < -0.4 is 15.0 Å². The Morgan fingerprint density at radius 1 is 1.14 bits per heavy atom. The van der Waals surface area contributed by atoms with Crippen molar-refractivity contribution in [2.75, 3.05) is 57.3 Å². The van der Waals surface area contributed by atoms with E-state index in [2.05, 4.69) is 15.3 Å². The van der Waals surface area contributed by atoms with Gasteiger partial charge in [-0.3, -0.25) is 9.69 Å². The Morgan fingerprint density at radius 2 is 1.92 bits per heavy atom. The van der Waals surface area contributed by atoms with Gasteiger partial charge in [-0.25, -0.2) is 23.2 Å². The molecule has 0 aromatic carbocycles. The first-order chi connectivity index (χ1) is 17.2. The summed E-state index contributed by atoms with van der Waals surface area (Å²) in [5.74, 6) is 0.728. The number of sulfonamides is 1. The van der Waals surface area contributed by atoms with Gasteiger partial charge >= 0.3 is 6.09 Å². The van der Waals surface area contributed by atoms with E-state index in [4.69, 9.17) is 9.47 Å². The number of hydrogen-bond donors (Lipinski definition) is 1. The van der Waals surface area contributed by atoms with Crippen molar-refractivity contribution in [3.63, 3.8) is 0 Å². The number of likely N-dealkylation sites (tertiary alicyclic amines) is 1. The number of amides is 2. The molecule has 4 heterocycles. The van der Waals surface area contributed by atoms with E-state index in [1.165, 1.54) is 21.6 Å². The summed E-state index contributed by atoms with van der Waals surface area (Å²) in [6, 6.07) is 0. The number of piperidine rings is 1. The van der Waals surface area contributed by atoms with E-state index < -0.39 is 15.3 Å². The average molecular weight is 523 g/mol. The minimum atomic E-state index is -3.50. The number of nitrogens with zero attached hydrogens (tertiary/aromatic N) is 5. The van der Waals surface area contributed by atoms with Crippen LogP contribution in [0.25, 0.3) is 0 Å². The minimum Gasteiger partial charge on any atom is -0.476 e. The van der Waals surface area contributed by atoms with E-state index in [1.54, 1.807) is 4.90 Å². The van der Waals surface area contributed by atoms with Gasteiger partial charge in [-0.2, -0.15) is 4.31 Å². The normalized spacial score (nSPS) is 25.1. The first-order valence-corrected chi connectivity index (χ1v) is 14.2. The highest BCUT2D eigenvalue weighted by Gasteiger charge is 2.43. The third kappa shape index (κ3) is 5.57. The molecule has 2 amide bonds. The maximum atomic E-state index is 12.8.